The molecule has 0 aromatic heterocycles. The van der Waals surface area contributed by atoms with Gasteiger partial charge < -0.3 is 16.2 Å². The van der Waals surface area contributed by atoms with Gasteiger partial charge in [0.15, 0.2) is 0 Å². The van der Waals surface area contributed by atoms with Crippen molar-refractivity contribution in [1.29, 1.82) is 0 Å². The highest BCUT2D eigenvalue weighted by Crippen LogP contribution is 2.30. The van der Waals surface area contributed by atoms with E-state index in [-0.39, 0.29) is 6.42 Å². The molecule has 0 bridgehead atoms. The summed E-state index contributed by atoms with van der Waals surface area (Å²) < 4.78 is 37.8. The van der Waals surface area contributed by atoms with Gasteiger partial charge in [0.05, 0.1) is 6.04 Å². The topological polar surface area (TPSA) is 92.4 Å². The predicted octanol–water partition coefficient (Wildman–Crippen LogP) is 1.03. The summed E-state index contributed by atoms with van der Waals surface area (Å²) >= 11 is 0. The molecule has 0 aromatic rings. The van der Waals surface area contributed by atoms with Crippen molar-refractivity contribution < 1.29 is 27.9 Å². The number of rotatable bonds is 6. The molecule has 0 aromatic carbocycles. The summed E-state index contributed by atoms with van der Waals surface area (Å²) in [6.45, 7) is 2.22. The number of carboxylic acids is 1. The van der Waals surface area contributed by atoms with E-state index in [1.54, 1.807) is 0 Å². The van der Waals surface area contributed by atoms with Crippen LogP contribution in [-0.4, -0.2) is 34.7 Å². The SMILES string of the molecule is CCCCC(N)C(=O)NC(C)(C(=O)O)C(F)(F)F. The number of hydrogen-bond acceptors (Lipinski definition) is 3. The van der Waals surface area contributed by atoms with Crippen molar-refractivity contribution in [3.8, 4) is 0 Å². The van der Waals surface area contributed by atoms with Crippen LogP contribution in [0.25, 0.3) is 0 Å². The standard InChI is InChI=1S/C10H17F3N2O3/c1-3-4-5-6(14)7(16)15-9(2,8(17)18)10(11,12)13/h6H,3-5,14H2,1-2H3,(H,15,16)(H,17,18). The average Bonchev–Trinajstić information content (AvgIpc) is 2.23. The minimum Gasteiger partial charge on any atom is -0.479 e. The van der Waals surface area contributed by atoms with Gasteiger partial charge in [-0.25, -0.2) is 4.79 Å². The first-order chi connectivity index (χ1) is 8.06. The van der Waals surface area contributed by atoms with Crippen molar-refractivity contribution in [2.45, 2.75) is 50.9 Å². The Labute approximate surface area is 103 Å². The van der Waals surface area contributed by atoms with E-state index in [4.69, 9.17) is 10.8 Å². The second-order valence-corrected chi connectivity index (χ2v) is 4.17. The normalized spacial score (nSPS) is 16.8. The predicted molar refractivity (Wildman–Crippen MR) is 57.7 cm³/mol. The largest absolute Gasteiger partial charge is 0.479 e. The first-order valence-corrected chi connectivity index (χ1v) is 5.44. The van der Waals surface area contributed by atoms with Crippen LogP contribution in [-0.2, 0) is 9.59 Å². The Morgan fingerprint density at radius 1 is 1.39 bits per heavy atom. The van der Waals surface area contributed by atoms with Crippen molar-refractivity contribution >= 4 is 11.9 Å². The Morgan fingerprint density at radius 2 is 1.89 bits per heavy atom. The molecule has 0 spiro atoms. The number of amides is 1. The summed E-state index contributed by atoms with van der Waals surface area (Å²) in [7, 11) is 0. The van der Waals surface area contributed by atoms with Crippen LogP contribution >= 0.6 is 0 Å². The molecule has 4 N–H and O–H groups in total. The van der Waals surface area contributed by atoms with Crippen LogP contribution in [0.5, 0.6) is 0 Å². The quantitative estimate of drug-likeness (QED) is 0.672. The first kappa shape index (κ1) is 16.7. The van der Waals surface area contributed by atoms with E-state index >= 15 is 0 Å². The summed E-state index contributed by atoms with van der Waals surface area (Å²) in [5.74, 6) is -3.29. The van der Waals surface area contributed by atoms with Crippen LogP contribution in [0.15, 0.2) is 0 Å². The van der Waals surface area contributed by atoms with Gasteiger partial charge >= 0.3 is 12.1 Å². The Bertz CT molecular complexity index is 320. The fourth-order valence-electron chi connectivity index (χ4n) is 1.14. The molecule has 0 aliphatic rings. The van der Waals surface area contributed by atoms with Gasteiger partial charge in [-0.05, 0) is 13.3 Å². The lowest BCUT2D eigenvalue weighted by Gasteiger charge is -2.29. The zero-order valence-corrected chi connectivity index (χ0v) is 10.2. The molecule has 18 heavy (non-hydrogen) atoms. The van der Waals surface area contributed by atoms with Crippen LogP contribution in [0.2, 0.25) is 0 Å². The molecule has 0 heterocycles. The molecule has 106 valence electrons. The van der Waals surface area contributed by atoms with E-state index in [1.807, 2.05) is 6.92 Å². The molecule has 1 amide bonds. The maximum absolute atomic E-state index is 12.6. The third kappa shape index (κ3) is 3.86. The second-order valence-electron chi connectivity index (χ2n) is 4.17. The number of aliphatic carboxylic acids is 1. The van der Waals surface area contributed by atoms with Gasteiger partial charge in [-0.3, -0.25) is 4.79 Å². The molecule has 0 rings (SSSR count). The summed E-state index contributed by atoms with van der Waals surface area (Å²) in [5.41, 5.74) is 2.06. The molecule has 0 saturated carbocycles. The minimum atomic E-state index is -5.10. The van der Waals surface area contributed by atoms with E-state index in [0.29, 0.717) is 13.3 Å². The zero-order chi connectivity index (χ0) is 14.6. The summed E-state index contributed by atoms with van der Waals surface area (Å²) in [6.07, 6.45) is -3.59. The fraction of sp³-hybridized carbons (Fsp3) is 0.800. The molecule has 0 radical (unpaired) electrons. The van der Waals surface area contributed by atoms with Crippen LogP contribution in [0, 0.1) is 0 Å². The van der Waals surface area contributed by atoms with Gasteiger partial charge in [-0.15, -0.1) is 0 Å². The lowest BCUT2D eigenvalue weighted by molar-refractivity contribution is -0.207. The Morgan fingerprint density at radius 3 is 2.22 bits per heavy atom. The molecular weight excluding hydrogens is 253 g/mol. The van der Waals surface area contributed by atoms with Crippen molar-refractivity contribution in [1.82, 2.24) is 5.32 Å². The third-order valence-corrected chi connectivity index (χ3v) is 2.57. The molecule has 8 heteroatoms. The van der Waals surface area contributed by atoms with E-state index in [9.17, 15) is 22.8 Å². The van der Waals surface area contributed by atoms with E-state index in [0.717, 1.165) is 6.42 Å². The molecule has 0 aliphatic heterocycles. The van der Waals surface area contributed by atoms with Crippen LogP contribution in [0.3, 0.4) is 0 Å². The Balaban J connectivity index is 4.82. The van der Waals surface area contributed by atoms with E-state index < -0.39 is 29.6 Å². The van der Waals surface area contributed by atoms with Gasteiger partial charge in [0, 0.05) is 0 Å². The lowest BCUT2D eigenvalue weighted by atomic mass is 10.0. The van der Waals surface area contributed by atoms with E-state index in [2.05, 4.69) is 0 Å². The van der Waals surface area contributed by atoms with Crippen molar-refractivity contribution in [2.75, 3.05) is 0 Å². The number of nitrogens with one attached hydrogen (secondary N) is 1. The number of unbranched alkanes of at least 4 members (excludes halogenated alkanes) is 1. The molecular formula is C10H17F3N2O3. The molecule has 2 atom stereocenters. The van der Waals surface area contributed by atoms with Crippen molar-refractivity contribution in [2.24, 2.45) is 5.73 Å². The number of alkyl halides is 3. The number of carboxylic acid groups (broad SMARTS) is 1. The summed E-state index contributed by atoms with van der Waals surface area (Å²) in [4.78, 5) is 22.1. The molecule has 0 fully saturated rings. The maximum Gasteiger partial charge on any atom is 0.422 e. The number of nitrogens with two attached hydrogens (primary N) is 1. The molecule has 2 unspecified atom stereocenters. The number of hydrogen-bond donors (Lipinski definition) is 3. The maximum atomic E-state index is 12.6. The Kier molecular flexibility index (Phi) is 5.59. The minimum absolute atomic E-state index is 0.204. The number of carbonyl (C=O) groups excluding carboxylic acids is 1. The van der Waals surface area contributed by atoms with Crippen LogP contribution < -0.4 is 11.1 Å². The van der Waals surface area contributed by atoms with Gasteiger partial charge in [-0.1, -0.05) is 19.8 Å². The van der Waals surface area contributed by atoms with Gasteiger partial charge in [-0.2, -0.15) is 13.2 Å². The van der Waals surface area contributed by atoms with Gasteiger partial charge in [0.1, 0.15) is 0 Å². The number of carbonyl (C=O) groups is 2. The highest BCUT2D eigenvalue weighted by atomic mass is 19.4. The monoisotopic (exact) mass is 270 g/mol. The third-order valence-electron chi connectivity index (χ3n) is 2.57. The molecule has 0 saturated heterocycles. The molecule has 5 nitrogen and oxygen atoms in total. The van der Waals surface area contributed by atoms with Crippen LogP contribution in [0.4, 0.5) is 13.2 Å². The highest BCUT2D eigenvalue weighted by molar-refractivity contribution is 5.89. The smallest absolute Gasteiger partial charge is 0.422 e. The van der Waals surface area contributed by atoms with Crippen molar-refractivity contribution in [3.63, 3.8) is 0 Å². The second kappa shape index (κ2) is 6.03. The fourth-order valence-corrected chi connectivity index (χ4v) is 1.14. The average molecular weight is 270 g/mol. The van der Waals surface area contributed by atoms with Gasteiger partial charge in [0.2, 0.25) is 11.4 Å². The molecule has 0 aliphatic carbocycles. The van der Waals surface area contributed by atoms with Crippen LogP contribution in [0.1, 0.15) is 33.1 Å². The zero-order valence-electron chi connectivity index (χ0n) is 10.2. The lowest BCUT2D eigenvalue weighted by Crippen LogP contribution is -2.64. The highest BCUT2D eigenvalue weighted by Gasteiger charge is 2.58. The van der Waals surface area contributed by atoms with Crippen molar-refractivity contribution in [3.05, 3.63) is 0 Å². The van der Waals surface area contributed by atoms with Gasteiger partial charge in [0.25, 0.3) is 0 Å². The van der Waals surface area contributed by atoms with E-state index in [1.165, 1.54) is 5.32 Å². The summed E-state index contributed by atoms with van der Waals surface area (Å²) in [5, 5.41) is 10.1. The number of halogens is 3. The first-order valence-electron chi connectivity index (χ1n) is 5.44. The summed E-state index contributed by atoms with van der Waals surface area (Å²) in [6, 6.07) is -1.15. The Hall–Kier alpha value is -1.31.